The molecule has 1 aromatic heterocycles. The first kappa shape index (κ1) is 18.2. The summed E-state index contributed by atoms with van der Waals surface area (Å²) in [7, 11) is 1.72. The Morgan fingerprint density at radius 3 is 1.71 bits per heavy atom. The molecule has 1 heterocycles. The standard InChI is InChI=1S/C32H21NO/c1-34-19-14-15-23-25-17-24-22-10-4-7-13-28(22)32(29(24)18-31(25)33-30(23)16-19)26-11-5-2-8-20(26)21-9-3-6-12-27(21)32/h2-18,33H,1H3. The molecule has 0 amide bonds. The number of H-pyrrole nitrogens is 1. The lowest BCUT2D eigenvalue weighted by molar-refractivity contribution is 0.415. The summed E-state index contributed by atoms with van der Waals surface area (Å²) in [6, 6.07) is 37.9. The van der Waals surface area contributed by atoms with Crippen molar-refractivity contribution in [1.82, 2.24) is 4.98 Å². The SMILES string of the molecule is COc1ccc2c(c1)[nH]c1cc3c(cc12)-c1ccccc1C31c2ccccc2-c2ccccc21. The van der Waals surface area contributed by atoms with Crippen LogP contribution in [0, 0.1) is 0 Å². The van der Waals surface area contributed by atoms with Crippen LogP contribution in [0.4, 0.5) is 0 Å². The van der Waals surface area contributed by atoms with Crippen molar-refractivity contribution in [1.29, 1.82) is 0 Å². The molecule has 160 valence electrons. The first-order valence-electron chi connectivity index (χ1n) is 11.7. The van der Waals surface area contributed by atoms with Gasteiger partial charge in [-0.1, -0.05) is 72.8 Å². The molecule has 34 heavy (non-hydrogen) atoms. The van der Waals surface area contributed by atoms with Gasteiger partial charge >= 0.3 is 0 Å². The summed E-state index contributed by atoms with van der Waals surface area (Å²) in [5.41, 5.74) is 12.8. The van der Waals surface area contributed by atoms with Crippen molar-refractivity contribution >= 4 is 21.8 Å². The van der Waals surface area contributed by atoms with Crippen LogP contribution < -0.4 is 4.74 Å². The van der Waals surface area contributed by atoms with Gasteiger partial charge in [0.1, 0.15) is 5.75 Å². The van der Waals surface area contributed by atoms with Gasteiger partial charge in [-0.3, -0.25) is 0 Å². The van der Waals surface area contributed by atoms with Gasteiger partial charge < -0.3 is 9.72 Å². The van der Waals surface area contributed by atoms with Crippen molar-refractivity contribution in [2.45, 2.75) is 5.41 Å². The van der Waals surface area contributed by atoms with E-state index in [1.165, 1.54) is 55.3 Å². The molecule has 2 aliphatic rings. The fourth-order valence-corrected chi connectivity index (χ4v) is 6.60. The van der Waals surface area contributed by atoms with E-state index in [-0.39, 0.29) is 5.41 Å². The molecule has 0 fully saturated rings. The largest absolute Gasteiger partial charge is 0.497 e. The Hall–Kier alpha value is -4.30. The van der Waals surface area contributed by atoms with E-state index in [0.717, 1.165) is 16.8 Å². The topological polar surface area (TPSA) is 25.0 Å². The quantitative estimate of drug-likeness (QED) is 0.281. The monoisotopic (exact) mass is 435 g/mol. The highest BCUT2D eigenvalue weighted by Crippen LogP contribution is 2.63. The van der Waals surface area contributed by atoms with Crippen molar-refractivity contribution in [3.63, 3.8) is 0 Å². The Bertz CT molecular complexity index is 1760. The van der Waals surface area contributed by atoms with Crippen LogP contribution in [0.25, 0.3) is 44.1 Å². The molecular formula is C32H21NO. The number of aromatic nitrogens is 1. The second kappa shape index (κ2) is 6.18. The number of aromatic amines is 1. The van der Waals surface area contributed by atoms with Crippen LogP contribution in [0.15, 0.2) is 103 Å². The highest BCUT2D eigenvalue weighted by atomic mass is 16.5. The second-order valence-electron chi connectivity index (χ2n) is 9.37. The number of hydrogen-bond acceptors (Lipinski definition) is 1. The number of fused-ring (bicyclic) bond motifs is 13. The number of hydrogen-bond donors (Lipinski definition) is 1. The predicted molar refractivity (Wildman–Crippen MR) is 139 cm³/mol. The molecule has 0 atom stereocenters. The summed E-state index contributed by atoms with van der Waals surface area (Å²) in [6.07, 6.45) is 0. The Kier molecular flexibility index (Phi) is 3.30. The van der Waals surface area contributed by atoms with Crippen LogP contribution in [0.1, 0.15) is 22.3 Å². The van der Waals surface area contributed by atoms with Crippen molar-refractivity contribution in [2.75, 3.05) is 7.11 Å². The number of ether oxygens (including phenoxy) is 1. The van der Waals surface area contributed by atoms with Crippen LogP contribution >= 0.6 is 0 Å². The lowest BCUT2D eigenvalue weighted by Gasteiger charge is -2.30. The summed E-state index contributed by atoms with van der Waals surface area (Å²) in [6.45, 7) is 0. The Labute approximate surface area is 197 Å². The van der Waals surface area contributed by atoms with E-state index in [9.17, 15) is 0 Å². The first-order chi connectivity index (χ1) is 16.8. The molecule has 0 radical (unpaired) electrons. The number of benzene rings is 5. The normalized spacial score (nSPS) is 14.3. The molecule has 6 aromatic rings. The fourth-order valence-electron chi connectivity index (χ4n) is 6.60. The minimum Gasteiger partial charge on any atom is -0.497 e. The average Bonchev–Trinajstić information content (AvgIpc) is 3.50. The van der Waals surface area contributed by atoms with Crippen LogP contribution in [0.3, 0.4) is 0 Å². The first-order valence-corrected chi connectivity index (χ1v) is 11.7. The lowest BCUT2D eigenvalue weighted by Crippen LogP contribution is -2.25. The molecule has 2 heteroatoms. The maximum atomic E-state index is 5.48. The molecule has 2 aliphatic carbocycles. The maximum Gasteiger partial charge on any atom is 0.120 e. The fraction of sp³-hybridized carbons (Fsp3) is 0.0625. The van der Waals surface area contributed by atoms with Gasteiger partial charge in [0.05, 0.1) is 18.0 Å². The van der Waals surface area contributed by atoms with Crippen LogP contribution in [0.2, 0.25) is 0 Å². The van der Waals surface area contributed by atoms with Gasteiger partial charge in [0.25, 0.3) is 0 Å². The Morgan fingerprint density at radius 2 is 1.09 bits per heavy atom. The Balaban J connectivity index is 1.56. The molecule has 0 unspecified atom stereocenters. The van der Waals surface area contributed by atoms with E-state index in [2.05, 4.69) is 102 Å². The van der Waals surface area contributed by atoms with Gasteiger partial charge in [-0.25, -0.2) is 0 Å². The third-order valence-corrected chi connectivity index (χ3v) is 7.92. The summed E-state index contributed by atoms with van der Waals surface area (Å²) >= 11 is 0. The van der Waals surface area contributed by atoms with Gasteiger partial charge in [0.15, 0.2) is 0 Å². The average molecular weight is 436 g/mol. The molecule has 0 aliphatic heterocycles. The van der Waals surface area contributed by atoms with E-state index < -0.39 is 0 Å². The highest BCUT2D eigenvalue weighted by molar-refractivity contribution is 6.11. The molecular weight excluding hydrogens is 414 g/mol. The van der Waals surface area contributed by atoms with Crippen molar-refractivity contribution in [3.05, 3.63) is 125 Å². The van der Waals surface area contributed by atoms with Crippen LogP contribution in [0.5, 0.6) is 5.75 Å². The molecule has 0 saturated carbocycles. The summed E-state index contributed by atoms with van der Waals surface area (Å²) in [5, 5.41) is 2.48. The summed E-state index contributed by atoms with van der Waals surface area (Å²) in [5.74, 6) is 0.868. The predicted octanol–water partition coefficient (Wildman–Crippen LogP) is 7.67. The second-order valence-corrected chi connectivity index (χ2v) is 9.37. The zero-order chi connectivity index (χ0) is 22.4. The third kappa shape index (κ3) is 1.99. The summed E-state index contributed by atoms with van der Waals surface area (Å²) < 4.78 is 5.48. The molecule has 5 aromatic carbocycles. The minimum absolute atomic E-state index is 0.303. The zero-order valence-corrected chi connectivity index (χ0v) is 18.7. The maximum absolute atomic E-state index is 5.48. The summed E-state index contributed by atoms with van der Waals surface area (Å²) in [4.78, 5) is 3.68. The number of rotatable bonds is 1. The number of methoxy groups -OCH3 is 1. The molecule has 8 rings (SSSR count). The van der Waals surface area contributed by atoms with E-state index >= 15 is 0 Å². The van der Waals surface area contributed by atoms with E-state index in [0.29, 0.717) is 0 Å². The van der Waals surface area contributed by atoms with E-state index in [1.807, 2.05) is 6.07 Å². The molecule has 0 saturated heterocycles. The lowest BCUT2D eigenvalue weighted by atomic mass is 9.70. The molecule has 0 bridgehead atoms. The molecule has 1 N–H and O–H groups in total. The molecule has 1 spiro atoms. The van der Waals surface area contributed by atoms with Crippen LogP contribution in [-0.4, -0.2) is 12.1 Å². The van der Waals surface area contributed by atoms with E-state index in [1.54, 1.807) is 7.11 Å². The molecule has 2 nitrogen and oxygen atoms in total. The van der Waals surface area contributed by atoms with Crippen molar-refractivity contribution in [2.24, 2.45) is 0 Å². The zero-order valence-electron chi connectivity index (χ0n) is 18.7. The van der Waals surface area contributed by atoms with Gasteiger partial charge in [0.2, 0.25) is 0 Å². The van der Waals surface area contributed by atoms with Gasteiger partial charge in [0, 0.05) is 22.4 Å². The van der Waals surface area contributed by atoms with Crippen LogP contribution in [-0.2, 0) is 5.41 Å². The third-order valence-electron chi connectivity index (χ3n) is 7.92. The Morgan fingerprint density at radius 1 is 0.529 bits per heavy atom. The minimum atomic E-state index is -0.303. The highest BCUT2D eigenvalue weighted by Gasteiger charge is 2.51. The van der Waals surface area contributed by atoms with Crippen molar-refractivity contribution in [3.8, 4) is 28.0 Å². The smallest absolute Gasteiger partial charge is 0.120 e. The number of nitrogens with one attached hydrogen (secondary N) is 1. The van der Waals surface area contributed by atoms with Gasteiger partial charge in [-0.2, -0.15) is 0 Å². The van der Waals surface area contributed by atoms with Crippen molar-refractivity contribution < 1.29 is 4.74 Å². The van der Waals surface area contributed by atoms with E-state index in [4.69, 9.17) is 4.74 Å². The van der Waals surface area contributed by atoms with Gasteiger partial charge in [-0.15, -0.1) is 0 Å². The van der Waals surface area contributed by atoms with Gasteiger partial charge in [-0.05, 0) is 68.8 Å².